The lowest BCUT2D eigenvalue weighted by Gasteiger charge is -2.15. The Morgan fingerprint density at radius 1 is 1.23 bits per heavy atom. The van der Waals surface area contributed by atoms with E-state index < -0.39 is 0 Å². The van der Waals surface area contributed by atoms with Crippen LogP contribution in [-0.2, 0) is 11.2 Å². The molecule has 2 aromatic heterocycles. The minimum atomic E-state index is -0.0350. The van der Waals surface area contributed by atoms with Crippen LogP contribution in [0.15, 0.2) is 41.9 Å². The summed E-state index contributed by atoms with van der Waals surface area (Å²) in [6.07, 6.45) is 2.03. The Kier molecular flexibility index (Phi) is 5.70. The van der Waals surface area contributed by atoms with Crippen LogP contribution in [0.3, 0.4) is 0 Å². The summed E-state index contributed by atoms with van der Waals surface area (Å²) < 4.78 is 0. The Morgan fingerprint density at radius 3 is 2.85 bits per heavy atom. The van der Waals surface area contributed by atoms with Crippen molar-refractivity contribution in [2.75, 3.05) is 20.2 Å². The number of nitrogens with zero attached hydrogens (tertiary/aromatic N) is 4. The summed E-state index contributed by atoms with van der Waals surface area (Å²) in [5.41, 5.74) is 3.52. The highest BCUT2D eigenvalue weighted by atomic mass is 32.1. The van der Waals surface area contributed by atoms with Crippen molar-refractivity contribution >= 4 is 17.2 Å². The summed E-state index contributed by atoms with van der Waals surface area (Å²) in [5.74, 6) is 0.692. The quantitative estimate of drug-likeness (QED) is 0.723. The Bertz CT molecular complexity index is 910. The highest BCUT2D eigenvalue weighted by Gasteiger charge is 2.12. The maximum atomic E-state index is 12.2. The highest BCUT2D eigenvalue weighted by Crippen LogP contribution is 2.28. The third kappa shape index (κ3) is 4.30. The van der Waals surface area contributed by atoms with E-state index in [0.29, 0.717) is 18.8 Å². The molecule has 0 unspecified atom stereocenters. The molecule has 0 aliphatic rings. The first-order valence-corrected chi connectivity index (χ1v) is 9.14. The van der Waals surface area contributed by atoms with Crippen LogP contribution >= 0.6 is 11.3 Å². The van der Waals surface area contributed by atoms with Gasteiger partial charge in [-0.1, -0.05) is 18.2 Å². The Balaban J connectivity index is 1.79. The molecule has 0 aliphatic heterocycles. The van der Waals surface area contributed by atoms with E-state index in [9.17, 15) is 4.79 Å². The summed E-state index contributed by atoms with van der Waals surface area (Å²) in [4.78, 5) is 26.9. The maximum absolute atomic E-state index is 12.2. The van der Waals surface area contributed by atoms with E-state index in [1.54, 1.807) is 24.6 Å². The number of aryl methyl sites for hydroxylation is 1. The minimum Gasteiger partial charge on any atom is -0.395 e. The molecule has 0 saturated carbocycles. The molecule has 0 fully saturated rings. The van der Waals surface area contributed by atoms with Crippen molar-refractivity contribution in [2.45, 2.75) is 13.3 Å². The molecule has 0 bridgehead atoms. The van der Waals surface area contributed by atoms with Gasteiger partial charge in [-0.2, -0.15) is 0 Å². The van der Waals surface area contributed by atoms with E-state index in [1.807, 2.05) is 42.6 Å². The molecule has 2 heterocycles. The predicted octanol–water partition coefficient (Wildman–Crippen LogP) is 2.57. The van der Waals surface area contributed by atoms with Crippen molar-refractivity contribution in [3.05, 3.63) is 53.3 Å². The van der Waals surface area contributed by atoms with Gasteiger partial charge in [0.25, 0.3) is 0 Å². The second kappa shape index (κ2) is 8.16. The lowest BCUT2D eigenvalue weighted by molar-refractivity contribution is -0.129. The lowest BCUT2D eigenvalue weighted by atomic mass is 10.1. The fraction of sp³-hybridized carbons (Fsp3) is 0.263. The average Bonchev–Trinajstić information content (AvgIpc) is 3.12. The van der Waals surface area contributed by atoms with Crippen LogP contribution < -0.4 is 0 Å². The van der Waals surface area contributed by atoms with Crippen LogP contribution in [0.1, 0.15) is 11.4 Å². The molecule has 0 radical (unpaired) electrons. The first-order chi connectivity index (χ1) is 12.6. The average molecular weight is 368 g/mol. The second-order valence-electron chi connectivity index (χ2n) is 5.94. The normalized spacial score (nSPS) is 10.7. The van der Waals surface area contributed by atoms with E-state index in [0.717, 1.165) is 27.5 Å². The number of likely N-dealkylation sites (N-methyl/N-ethyl adjacent to an activating group) is 1. The summed E-state index contributed by atoms with van der Waals surface area (Å²) in [6.45, 7) is 2.16. The minimum absolute atomic E-state index is 0.0208. The summed E-state index contributed by atoms with van der Waals surface area (Å²) in [7, 11) is 1.69. The molecule has 3 rings (SSSR count). The third-order valence-electron chi connectivity index (χ3n) is 3.93. The summed E-state index contributed by atoms with van der Waals surface area (Å²) in [5, 5.41) is 11.8. The number of aromatic nitrogens is 3. The van der Waals surface area contributed by atoms with Gasteiger partial charge >= 0.3 is 0 Å². The largest absolute Gasteiger partial charge is 0.395 e. The molecule has 7 heteroatoms. The van der Waals surface area contributed by atoms with Crippen LogP contribution in [-0.4, -0.2) is 51.1 Å². The van der Waals surface area contributed by atoms with Crippen LogP contribution in [0.4, 0.5) is 0 Å². The fourth-order valence-corrected chi connectivity index (χ4v) is 3.33. The third-order valence-corrected chi connectivity index (χ3v) is 4.82. The maximum Gasteiger partial charge on any atom is 0.226 e. The van der Waals surface area contributed by atoms with Crippen molar-refractivity contribution in [1.29, 1.82) is 0 Å². The molecule has 1 amide bonds. The number of thiazole rings is 1. The van der Waals surface area contributed by atoms with Gasteiger partial charge in [-0.15, -0.1) is 11.3 Å². The van der Waals surface area contributed by atoms with Gasteiger partial charge in [0.1, 0.15) is 16.5 Å². The number of hydrogen-bond acceptors (Lipinski definition) is 6. The van der Waals surface area contributed by atoms with Crippen molar-refractivity contribution < 1.29 is 9.90 Å². The van der Waals surface area contributed by atoms with E-state index in [-0.39, 0.29) is 12.5 Å². The van der Waals surface area contributed by atoms with Crippen molar-refractivity contribution in [2.24, 2.45) is 0 Å². The van der Waals surface area contributed by atoms with E-state index in [4.69, 9.17) is 5.11 Å². The SMILES string of the molecule is Cc1nccc(-c2csc(-c3cccc(CC(=O)N(C)CCO)c3)n2)n1. The number of hydrogen-bond donors (Lipinski definition) is 1. The molecule has 26 heavy (non-hydrogen) atoms. The van der Waals surface area contributed by atoms with E-state index in [1.165, 1.54) is 4.90 Å². The molecule has 134 valence electrons. The molecule has 3 aromatic rings. The number of benzene rings is 1. The molecule has 0 saturated heterocycles. The summed E-state index contributed by atoms with van der Waals surface area (Å²) in [6, 6.07) is 9.67. The van der Waals surface area contributed by atoms with Crippen LogP contribution in [0.25, 0.3) is 22.0 Å². The van der Waals surface area contributed by atoms with Crippen molar-refractivity contribution in [3.8, 4) is 22.0 Å². The molecular weight excluding hydrogens is 348 g/mol. The first-order valence-electron chi connectivity index (χ1n) is 8.26. The Morgan fingerprint density at radius 2 is 2.08 bits per heavy atom. The molecule has 6 nitrogen and oxygen atoms in total. The monoisotopic (exact) mass is 368 g/mol. The molecular formula is C19H20N4O2S. The second-order valence-corrected chi connectivity index (χ2v) is 6.80. The number of aliphatic hydroxyl groups is 1. The number of carbonyl (C=O) groups excluding carboxylic acids is 1. The van der Waals surface area contributed by atoms with Gasteiger partial charge in [-0.05, 0) is 24.6 Å². The number of amides is 1. The summed E-state index contributed by atoms with van der Waals surface area (Å²) >= 11 is 1.55. The molecule has 0 spiro atoms. The van der Waals surface area contributed by atoms with Gasteiger partial charge in [0, 0.05) is 30.7 Å². The first kappa shape index (κ1) is 18.2. The van der Waals surface area contributed by atoms with Gasteiger partial charge < -0.3 is 10.0 Å². The Hall–Kier alpha value is -2.64. The highest BCUT2D eigenvalue weighted by molar-refractivity contribution is 7.13. The van der Waals surface area contributed by atoms with Gasteiger partial charge in [0.2, 0.25) is 5.91 Å². The predicted molar refractivity (Wildman–Crippen MR) is 102 cm³/mol. The van der Waals surface area contributed by atoms with Gasteiger partial charge in [0.15, 0.2) is 0 Å². The molecule has 1 N–H and O–H groups in total. The van der Waals surface area contributed by atoms with E-state index in [2.05, 4.69) is 15.0 Å². The van der Waals surface area contributed by atoms with Crippen LogP contribution in [0.5, 0.6) is 0 Å². The standard InChI is InChI=1S/C19H20N4O2S/c1-13-20-7-6-16(21-13)17-12-26-19(22-17)15-5-3-4-14(10-15)11-18(25)23(2)8-9-24/h3-7,10,12,24H,8-9,11H2,1-2H3. The van der Waals surface area contributed by atoms with Crippen LogP contribution in [0, 0.1) is 6.92 Å². The molecule has 0 atom stereocenters. The van der Waals surface area contributed by atoms with E-state index >= 15 is 0 Å². The van der Waals surface area contributed by atoms with Gasteiger partial charge in [0.05, 0.1) is 18.7 Å². The van der Waals surface area contributed by atoms with Crippen LogP contribution in [0.2, 0.25) is 0 Å². The molecule has 1 aromatic carbocycles. The van der Waals surface area contributed by atoms with Crippen molar-refractivity contribution in [1.82, 2.24) is 19.9 Å². The zero-order chi connectivity index (χ0) is 18.5. The van der Waals surface area contributed by atoms with Gasteiger partial charge in [-0.3, -0.25) is 4.79 Å². The topological polar surface area (TPSA) is 79.2 Å². The number of aliphatic hydroxyl groups excluding tert-OH is 1. The Labute approximate surface area is 156 Å². The lowest BCUT2D eigenvalue weighted by Crippen LogP contribution is -2.30. The van der Waals surface area contributed by atoms with Crippen molar-refractivity contribution in [3.63, 3.8) is 0 Å². The smallest absolute Gasteiger partial charge is 0.226 e. The number of rotatable bonds is 6. The zero-order valence-corrected chi connectivity index (χ0v) is 15.5. The zero-order valence-electron chi connectivity index (χ0n) is 14.7. The van der Waals surface area contributed by atoms with Gasteiger partial charge in [-0.25, -0.2) is 15.0 Å². The molecule has 0 aliphatic carbocycles. The number of carbonyl (C=O) groups is 1. The fourth-order valence-electron chi connectivity index (χ4n) is 2.52.